The van der Waals surface area contributed by atoms with Crippen molar-refractivity contribution in [3.8, 4) is 5.75 Å². The maximum atomic E-state index is 11.1. The Morgan fingerprint density at radius 1 is 1.28 bits per heavy atom. The van der Waals surface area contributed by atoms with Gasteiger partial charge in [-0.15, -0.1) is 0 Å². The maximum Gasteiger partial charge on any atom is 0.246 e. The van der Waals surface area contributed by atoms with Crippen LogP contribution in [0.5, 0.6) is 5.75 Å². The van der Waals surface area contributed by atoms with Gasteiger partial charge in [0.25, 0.3) is 0 Å². The highest BCUT2D eigenvalue weighted by Gasteiger charge is 2.14. The van der Waals surface area contributed by atoms with Crippen molar-refractivity contribution in [1.29, 1.82) is 0 Å². The lowest BCUT2D eigenvalue weighted by Gasteiger charge is -2.15. The van der Waals surface area contributed by atoms with Crippen molar-refractivity contribution < 1.29 is 9.53 Å². The fourth-order valence-corrected chi connectivity index (χ4v) is 2.24. The Balaban J connectivity index is 2.06. The standard InChI is InChI=1S/C10H8Cl3N3O2/c11-5-1-6(12)10(7(13)2-5)18-4-8-15-9(17)3-14-16-8/h1-2,14H,3-4H2,(H,15,16,17). The van der Waals surface area contributed by atoms with Crippen molar-refractivity contribution in [2.24, 2.45) is 5.10 Å². The number of hydrogen-bond donors (Lipinski definition) is 2. The van der Waals surface area contributed by atoms with Gasteiger partial charge in [0.1, 0.15) is 13.2 Å². The van der Waals surface area contributed by atoms with E-state index in [0.717, 1.165) is 0 Å². The Bertz CT molecular complexity index is 496. The minimum Gasteiger partial charge on any atom is -0.482 e. The number of hydrogen-bond acceptors (Lipinski definition) is 4. The Morgan fingerprint density at radius 3 is 2.56 bits per heavy atom. The van der Waals surface area contributed by atoms with Gasteiger partial charge in [0, 0.05) is 5.02 Å². The number of carbonyl (C=O) groups excluding carboxylic acids is 1. The van der Waals surface area contributed by atoms with Crippen LogP contribution in [-0.2, 0) is 4.79 Å². The van der Waals surface area contributed by atoms with Gasteiger partial charge in [-0.25, -0.2) is 0 Å². The molecule has 2 rings (SSSR count). The van der Waals surface area contributed by atoms with Crippen molar-refractivity contribution in [3.63, 3.8) is 0 Å². The van der Waals surface area contributed by atoms with Crippen LogP contribution < -0.4 is 15.5 Å². The molecule has 0 aliphatic carbocycles. The van der Waals surface area contributed by atoms with E-state index < -0.39 is 0 Å². The lowest BCUT2D eigenvalue weighted by Crippen LogP contribution is -2.45. The largest absolute Gasteiger partial charge is 0.482 e. The van der Waals surface area contributed by atoms with Gasteiger partial charge in [0.05, 0.1) is 10.0 Å². The molecule has 0 unspecified atom stereocenters. The molecule has 8 heteroatoms. The Labute approximate surface area is 118 Å². The van der Waals surface area contributed by atoms with E-state index >= 15 is 0 Å². The van der Waals surface area contributed by atoms with E-state index in [0.29, 0.717) is 26.7 Å². The normalized spacial score (nSPS) is 14.6. The molecular formula is C10H8Cl3N3O2. The molecule has 1 aliphatic heterocycles. The first-order valence-corrected chi connectivity index (χ1v) is 6.06. The summed E-state index contributed by atoms with van der Waals surface area (Å²) in [5, 5.41) is 7.43. The van der Waals surface area contributed by atoms with Crippen molar-refractivity contribution in [3.05, 3.63) is 27.2 Å². The zero-order valence-electron chi connectivity index (χ0n) is 8.97. The lowest BCUT2D eigenvalue weighted by atomic mass is 10.3. The molecule has 0 fully saturated rings. The number of amidine groups is 1. The van der Waals surface area contributed by atoms with E-state index in [9.17, 15) is 4.79 Å². The molecule has 18 heavy (non-hydrogen) atoms. The van der Waals surface area contributed by atoms with Crippen LogP contribution in [0.4, 0.5) is 0 Å². The van der Waals surface area contributed by atoms with Gasteiger partial charge in [-0.1, -0.05) is 34.8 Å². The zero-order valence-corrected chi connectivity index (χ0v) is 11.2. The highest BCUT2D eigenvalue weighted by atomic mass is 35.5. The summed E-state index contributed by atoms with van der Waals surface area (Å²) < 4.78 is 5.40. The summed E-state index contributed by atoms with van der Waals surface area (Å²) >= 11 is 17.7. The third kappa shape index (κ3) is 3.19. The van der Waals surface area contributed by atoms with Gasteiger partial charge in [0.2, 0.25) is 5.91 Å². The number of ether oxygens (including phenoxy) is 1. The summed E-state index contributed by atoms with van der Waals surface area (Å²) in [6, 6.07) is 3.04. The number of halogens is 3. The van der Waals surface area contributed by atoms with Gasteiger partial charge < -0.3 is 10.1 Å². The Morgan fingerprint density at radius 2 is 1.94 bits per heavy atom. The molecule has 0 saturated carbocycles. The molecule has 1 heterocycles. The van der Waals surface area contributed by atoms with Crippen LogP contribution in [0.25, 0.3) is 0 Å². The first-order valence-electron chi connectivity index (χ1n) is 4.93. The predicted octanol–water partition coefficient (Wildman–Crippen LogP) is 2.06. The molecule has 0 atom stereocenters. The highest BCUT2D eigenvalue weighted by molar-refractivity contribution is 6.40. The molecule has 2 N–H and O–H groups in total. The predicted molar refractivity (Wildman–Crippen MR) is 70.5 cm³/mol. The quantitative estimate of drug-likeness (QED) is 0.898. The zero-order chi connectivity index (χ0) is 13.1. The monoisotopic (exact) mass is 307 g/mol. The van der Waals surface area contributed by atoms with Gasteiger partial charge >= 0.3 is 0 Å². The van der Waals surface area contributed by atoms with Crippen molar-refractivity contribution in [1.82, 2.24) is 10.7 Å². The van der Waals surface area contributed by atoms with Crippen molar-refractivity contribution >= 4 is 46.5 Å². The molecule has 1 aromatic carbocycles. The molecule has 96 valence electrons. The van der Waals surface area contributed by atoms with Gasteiger partial charge in [0.15, 0.2) is 11.6 Å². The number of nitrogens with zero attached hydrogens (tertiary/aromatic N) is 1. The third-order valence-corrected chi connectivity index (χ3v) is 2.83. The van der Waals surface area contributed by atoms with E-state index in [2.05, 4.69) is 15.8 Å². The fourth-order valence-electron chi connectivity index (χ4n) is 1.32. The van der Waals surface area contributed by atoms with Crippen molar-refractivity contribution in [2.45, 2.75) is 0 Å². The van der Waals surface area contributed by atoms with Gasteiger partial charge in [-0.2, -0.15) is 5.10 Å². The summed E-state index contributed by atoms with van der Waals surface area (Å²) in [7, 11) is 0. The minimum atomic E-state index is -0.183. The van der Waals surface area contributed by atoms with E-state index in [-0.39, 0.29) is 19.1 Å². The van der Waals surface area contributed by atoms with E-state index in [4.69, 9.17) is 39.5 Å². The minimum absolute atomic E-state index is 0.0415. The number of amides is 1. The first-order chi connectivity index (χ1) is 8.56. The number of carbonyl (C=O) groups is 1. The highest BCUT2D eigenvalue weighted by Crippen LogP contribution is 2.35. The SMILES string of the molecule is O=C1CNN=C(COc2c(Cl)cc(Cl)cc2Cl)N1. The summed E-state index contributed by atoms with van der Waals surface area (Å²) in [5.74, 6) is 0.468. The van der Waals surface area contributed by atoms with E-state index in [1.54, 1.807) is 0 Å². The molecular weight excluding hydrogens is 300 g/mol. The smallest absolute Gasteiger partial charge is 0.246 e. The molecule has 1 aromatic rings. The molecule has 0 saturated heterocycles. The summed E-state index contributed by atoms with van der Waals surface area (Å²) in [4.78, 5) is 11.1. The average Bonchev–Trinajstić information content (AvgIpc) is 2.27. The Kier molecular flexibility index (Phi) is 4.16. The molecule has 1 aliphatic rings. The maximum absolute atomic E-state index is 11.1. The number of benzene rings is 1. The van der Waals surface area contributed by atoms with E-state index in [1.807, 2.05) is 0 Å². The summed E-state index contributed by atoms with van der Waals surface area (Å²) in [6.45, 7) is 0.186. The third-order valence-electron chi connectivity index (χ3n) is 2.05. The topological polar surface area (TPSA) is 62.7 Å². The van der Waals surface area contributed by atoms with Crippen molar-refractivity contribution in [2.75, 3.05) is 13.2 Å². The number of hydrazone groups is 1. The van der Waals surface area contributed by atoms with Crippen LogP contribution in [0.15, 0.2) is 17.2 Å². The molecule has 0 bridgehead atoms. The van der Waals surface area contributed by atoms with Crippen LogP contribution in [0.2, 0.25) is 15.1 Å². The summed E-state index contributed by atoms with van der Waals surface area (Å²) in [6.07, 6.45) is 0. The molecule has 0 spiro atoms. The van der Waals surface area contributed by atoms with Crippen LogP contribution >= 0.6 is 34.8 Å². The lowest BCUT2D eigenvalue weighted by molar-refractivity contribution is -0.119. The molecule has 1 amide bonds. The second kappa shape index (κ2) is 5.65. The number of nitrogens with one attached hydrogen (secondary N) is 2. The first kappa shape index (κ1) is 13.3. The van der Waals surface area contributed by atoms with Gasteiger partial charge in [-0.3, -0.25) is 10.2 Å². The summed E-state index contributed by atoms with van der Waals surface area (Å²) in [5.41, 5.74) is 2.57. The average molecular weight is 309 g/mol. The van der Waals surface area contributed by atoms with Gasteiger partial charge in [-0.05, 0) is 12.1 Å². The van der Waals surface area contributed by atoms with Crippen LogP contribution in [0.3, 0.4) is 0 Å². The molecule has 5 nitrogen and oxygen atoms in total. The second-order valence-corrected chi connectivity index (χ2v) is 4.68. The number of rotatable bonds is 3. The van der Waals surface area contributed by atoms with Crippen LogP contribution in [-0.4, -0.2) is 24.9 Å². The molecule has 0 radical (unpaired) electrons. The Hall–Kier alpha value is -1.17. The molecule has 0 aromatic heterocycles. The fraction of sp³-hybridized carbons (Fsp3) is 0.200. The second-order valence-electron chi connectivity index (χ2n) is 3.43. The van der Waals surface area contributed by atoms with Crippen LogP contribution in [0.1, 0.15) is 0 Å². The van der Waals surface area contributed by atoms with E-state index in [1.165, 1.54) is 12.1 Å². The van der Waals surface area contributed by atoms with Crippen LogP contribution in [0, 0.1) is 0 Å².